The van der Waals surface area contributed by atoms with Crippen LogP contribution in [0, 0.1) is 6.92 Å². The number of hydrogen-bond acceptors (Lipinski definition) is 2. The predicted octanol–water partition coefficient (Wildman–Crippen LogP) is 8.24. The molecule has 0 radical (unpaired) electrons. The fraction of sp³-hybridized carbons (Fsp3) is 0.360. The van der Waals surface area contributed by atoms with Gasteiger partial charge in [0.25, 0.3) is 11.8 Å². The Balaban J connectivity index is 2.21. The van der Waals surface area contributed by atoms with Crippen LogP contribution in [-0.2, 0) is 4.79 Å². The first-order valence-electron chi connectivity index (χ1n) is 11.1. The molecule has 2 aromatic carbocycles. The van der Waals surface area contributed by atoms with E-state index in [1.807, 2.05) is 0 Å². The molecule has 0 saturated carbocycles. The van der Waals surface area contributed by atoms with E-state index in [1.54, 1.807) is 0 Å². The molecule has 0 fully saturated rings. The number of aryl methyl sites for hydroxylation is 1. The van der Waals surface area contributed by atoms with Crippen molar-refractivity contribution in [1.29, 1.82) is 0 Å². The number of hydrogen-bond donors (Lipinski definition) is 2. The van der Waals surface area contributed by atoms with Gasteiger partial charge < -0.3 is 10.6 Å². The third-order valence-electron chi connectivity index (χ3n) is 5.33. The second kappa shape index (κ2) is 12.6. The van der Waals surface area contributed by atoms with Crippen LogP contribution in [0.5, 0.6) is 0 Å². The summed E-state index contributed by atoms with van der Waals surface area (Å²) >= 11 is 17.8. The van der Waals surface area contributed by atoms with Crippen LogP contribution in [0.25, 0.3) is 5.83 Å². The number of halogens is 9. The SMILES string of the molecule is Cc1cc(/C(F)=C/C(c2cc(Cl)c(Cl)c(Cl)c2)C(C)(F)F)ccc1C(=O)N[C@H](C)NC(=O)CCC(F)(F)F. The van der Waals surface area contributed by atoms with Crippen LogP contribution in [0.3, 0.4) is 0 Å². The van der Waals surface area contributed by atoms with Gasteiger partial charge in [0.05, 0.1) is 33.6 Å². The average molecular weight is 604 g/mol. The molecule has 0 aliphatic carbocycles. The molecule has 0 heterocycles. The molecule has 2 N–H and O–H groups in total. The van der Waals surface area contributed by atoms with Gasteiger partial charge in [-0.15, -0.1) is 0 Å². The van der Waals surface area contributed by atoms with Gasteiger partial charge in [-0.25, -0.2) is 13.2 Å². The van der Waals surface area contributed by atoms with E-state index in [4.69, 9.17) is 34.8 Å². The van der Waals surface area contributed by atoms with E-state index >= 15 is 4.39 Å². The van der Waals surface area contributed by atoms with Crippen LogP contribution in [0.15, 0.2) is 36.4 Å². The van der Waals surface area contributed by atoms with Crippen molar-refractivity contribution in [3.8, 4) is 0 Å². The lowest BCUT2D eigenvalue weighted by atomic mass is 9.91. The molecule has 0 aromatic heterocycles. The number of rotatable bonds is 9. The van der Waals surface area contributed by atoms with Crippen molar-refractivity contribution in [3.05, 3.63) is 73.7 Å². The summed E-state index contributed by atoms with van der Waals surface area (Å²) in [5.74, 6) is -7.75. The first-order valence-corrected chi connectivity index (χ1v) is 12.2. The van der Waals surface area contributed by atoms with Gasteiger partial charge in [-0.05, 0) is 55.3 Å². The van der Waals surface area contributed by atoms with Crippen molar-refractivity contribution < 1.29 is 35.9 Å². The van der Waals surface area contributed by atoms with Gasteiger partial charge in [0.1, 0.15) is 5.83 Å². The minimum absolute atomic E-state index is 0.0283. The topological polar surface area (TPSA) is 58.2 Å². The van der Waals surface area contributed by atoms with Crippen molar-refractivity contribution in [2.75, 3.05) is 0 Å². The second-order valence-electron chi connectivity index (χ2n) is 8.65. The highest BCUT2D eigenvalue weighted by molar-refractivity contribution is 6.48. The molecular weight excluding hydrogens is 581 g/mol. The maximum atomic E-state index is 15.1. The monoisotopic (exact) mass is 602 g/mol. The first kappa shape index (κ1) is 31.8. The minimum atomic E-state index is -4.49. The zero-order valence-corrected chi connectivity index (χ0v) is 22.5. The molecular formula is C25H23Cl3F6N2O2. The van der Waals surface area contributed by atoms with Gasteiger partial charge in [0.2, 0.25) is 5.91 Å². The second-order valence-corrected chi connectivity index (χ2v) is 9.85. The molecule has 2 amide bonds. The predicted molar refractivity (Wildman–Crippen MR) is 135 cm³/mol. The lowest BCUT2D eigenvalue weighted by molar-refractivity contribution is -0.144. The van der Waals surface area contributed by atoms with Gasteiger partial charge in [-0.2, -0.15) is 13.2 Å². The van der Waals surface area contributed by atoms with Gasteiger partial charge in [0.15, 0.2) is 0 Å². The third-order valence-corrected chi connectivity index (χ3v) is 6.53. The number of allylic oxidation sites excluding steroid dienone is 1. The molecule has 0 spiro atoms. The number of alkyl halides is 5. The molecule has 1 unspecified atom stereocenters. The standard InChI is InChI=1S/C25H23Cl3F6N2O2/c1-12-8-14(4-5-16(12)23(38)36-13(2)35-21(37)6-7-25(32,33)34)20(29)11-17(24(3,30)31)15-9-18(26)22(28)19(27)10-15/h4-5,8-11,13,17H,6-7H2,1-3H3,(H,35,37)(H,36,38)/b20-11-/t13-,17?/m1/s1. The van der Waals surface area contributed by atoms with Crippen molar-refractivity contribution in [1.82, 2.24) is 10.6 Å². The van der Waals surface area contributed by atoms with Crippen LogP contribution in [0.2, 0.25) is 15.1 Å². The van der Waals surface area contributed by atoms with Crippen LogP contribution >= 0.6 is 34.8 Å². The van der Waals surface area contributed by atoms with Gasteiger partial charge in [-0.1, -0.05) is 40.9 Å². The Hall–Kier alpha value is -2.43. The fourth-order valence-electron chi connectivity index (χ4n) is 3.48. The lowest BCUT2D eigenvalue weighted by Gasteiger charge is -2.22. The molecule has 0 aliphatic heterocycles. The summed E-state index contributed by atoms with van der Waals surface area (Å²) in [5, 5.41) is 4.46. The van der Waals surface area contributed by atoms with Crippen LogP contribution in [-0.4, -0.2) is 30.1 Å². The molecule has 2 aromatic rings. The summed E-state index contributed by atoms with van der Waals surface area (Å²) in [6.45, 7) is 3.44. The zero-order chi connectivity index (χ0) is 29.0. The third kappa shape index (κ3) is 9.10. The summed E-state index contributed by atoms with van der Waals surface area (Å²) < 4.78 is 80.7. The Morgan fingerprint density at radius 2 is 1.58 bits per heavy atom. The highest BCUT2D eigenvalue weighted by Crippen LogP contribution is 2.41. The lowest BCUT2D eigenvalue weighted by Crippen LogP contribution is -2.46. The quantitative estimate of drug-likeness (QED) is 0.172. The highest BCUT2D eigenvalue weighted by atomic mass is 35.5. The van der Waals surface area contributed by atoms with Gasteiger partial charge >= 0.3 is 6.18 Å². The van der Waals surface area contributed by atoms with E-state index in [-0.39, 0.29) is 37.3 Å². The molecule has 13 heteroatoms. The van der Waals surface area contributed by atoms with Crippen LogP contribution in [0.4, 0.5) is 26.3 Å². The first-order chi connectivity index (χ1) is 17.4. The van der Waals surface area contributed by atoms with Gasteiger partial charge in [-0.3, -0.25) is 9.59 Å². The van der Waals surface area contributed by atoms with Crippen LogP contribution < -0.4 is 10.6 Å². The maximum Gasteiger partial charge on any atom is 0.389 e. The van der Waals surface area contributed by atoms with Crippen molar-refractivity contribution in [3.63, 3.8) is 0 Å². The summed E-state index contributed by atoms with van der Waals surface area (Å²) in [4.78, 5) is 24.2. The van der Waals surface area contributed by atoms with Gasteiger partial charge in [0, 0.05) is 24.5 Å². The summed E-state index contributed by atoms with van der Waals surface area (Å²) in [5.41, 5.74) is 0.196. The maximum absolute atomic E-state index is 15.1. The Morgan fingerprint density at radius 3 is 2.08 bits per heavy atom. The normalized spacial score (nSPS) is 14.2. The van der Waals surface area contributed by atoms with E-state index in [9.17, 15) is 31.5 Å². The number of carbonyl (C=O) groups excluding carboxylic acids is 2. The van der Waals surface area contributed by atoms with Crippen LogP contribution in [0.1, 0.15) is 59.7 Å². The average Bonchev–Trinajstić information content (AvgIpc) is 2.77. The van der Waals surface area contributed by atoms with E-state index in [0.29, 0.717) is 13.0 Å². The highest BCUT2D eigenvalue weighted by Gasteiger charge is 2.35. The molecule has 2 atom stereocenters. The zero-order valence-electron chi connectivity index (χ0n) is 20.3. The molecule has 38 heavy (non-hydrogen) atoms. The van der Waals surface area contributed by atoms with E-state index < -0.39 is 54.7 Å². The number of carbonyl (C=O) groups is 2. The number of nitrogens with one attached hydrogen (secondary N) is 2. The minimum Gasteiger partial charge on any atom is -0.336 e. The molecule has 4 nitrogen and oxygen atoms in total. The van der Waals surface area contributed by atoms with E-state index in [1.165, 1.54) is 44.2 Å². The molecule has 2 rings (SSSR count). The molecule has 208 valence electrons. The Bertz CT molecular complexity index is 1210. The van der Waals surface area contributed by atoms with Crippen molar-refractivity contribution >= 4 is 52.4 Å². The Kier molecular flexibility index (Phi) is 10.6. The largest absolute Gasteiger partial charge is 0.389 e. The van der Waals surface area contributed by atoms with E-state index in [0.717, 1.165) is 0 Å². The van der Waals surface area contributed by atoms with Crippen molar-refractivity contribution in [2.24, 2.45) is 0 Å². The number of amides is 2. The molecule has 0 saturated heterocycles. The number of benzene rings is 2. The fourth-order valence-corrected chi connectivity index (χ4v) is 4.09. The summed E-state index contributed by atoms with van der Waals surface area (Å²) in [7, 11) is 0. The summed E-state index contributed by atoms with van der Waals surface area (Å²) in [6.07, 6.45) is -6.88. The summed E-state index contributed by atoms with van der Waals surface area (Å²) in [6, 6.07) is 6.06. The smallest absolute Gasteiger partial charge is 0.336 e. The van der Waals surface area contributed by atoms with E-state index in [2.05, 4.69) is 10.6 Å². The van der Waals surface area contributed by atoms with Crippen molar-refractivity contribution in [2.45, 2.75) is 57.8 Å². The molecule has 0 bridgehead atoms. The Morgan fingerprint density at radius 1 is 1.00 bits per heavy atom. The Labute approximate surface area is 230 Å². The molecule has 0 aliphatic rings.